The molecule has 142 valence electrons. The van der Waals surface area contributed by atoms with Crippen LogP contribution in [0.5, 0.6) is 5.75 Å². The van der Waals surface area contributed by atoms with Crippen LogP contribution in [-0.4, -0.2) is 12.0 Å². The number of carbonyl (C=O) groups excluding carboxylic acids is 1. The van der Waals surface area contributed by atoms with Gasteiger partial charge in [-0.3, -0.25) is 4.79 Å². The lowest BCUT2D eigenvalue weighted by atomic mass is 10.0. The number of nitrogens with one attached hydrogen (secondary N) is 1. The fourth-order valence-electron chi connectivity index (χ4n) is 2.85. The molecule has 0 bridgehead atoms. The van der Waals surface area contributed by atoms with Gasteiger partial charge in [0.2, 0.25) is 0 Å². The summed E-state index contributed by atoms with van der Waals surface area (Å²) in [5.74, 6) is 0.365. The number of nitrogens with zero attached hydrogens (tertiary/aromatic N) is 1. The highest BCUT2D eigenvalue weighted by atomic mass is 32.1. The predicted octanol–water partition coefficient (Wildman–Crippen LogP) is 4.86. The molecule has 1 heterocycles. The van der Waals surface area contributed by atoms with E-state index in [0.29, 0.717) is 11.3 Å². The number of thiophene rings is 1. The van der Waals surface area contributed by atoms with Crippen LogP contribution in [0.25, 0.3) is 0 Å². The van der Waals surface area contributed by atoms with Crippen molar-refractivity contribution in [2.45, 2.75) is 32.4 Å². The van der Waals surface area contributed by atoms with Gasteiger partial charge in [0, 0.05) is 4.88 Å². The van der Waals surface area contributed by atoms with E-state index in [1.165, 1.54) is 5.56 Å². The minimum Gasteiger partial charge on any atom is -0.481 e. The number of hydrogen-bond acceptors (Lipinski definition) is 4. The lowest BCUT2D eigenvalue weighted by Gasteiger charge is -2.21. The number of ether oxygens (including phenoxy) is 1. The van der Waals surface area contributed by atoms with Gasteiger partial charge in [-0.25, -0.2) is 0 Å². The lowest BCUT2D eigenvalue weighted by Crippen LogP contribution is -2.38. The molecule has 0 fully saturated rings. The SMILES string of the molecule is CCc1ccc([C@H](NC(=O)[C@H](C)Oc2ccc(C#N)cc2)c2cccs2)cc1. The maximum Gasteiger partial charge on any atom is 0.261 e. The van der Waals surface area contributed by atoms with Crippen molar-refractivity contribution >= 4 is 17.2 Å². The molecule has 0 radical (unpaired) electrons. The highest BCUT2D eigenvalue weighted by Gasteiger charge is 2.22. The van der Waals surface area contributed by atoms with Crippen LogP contribution < -0.4 is 10.1 Å². The van der Waals surface area contributed by atoms with Gasteiger partial charge in [-0.05, 0) is 60.2 Å². The molecule has 0 saturated heterocycles. The third kappa shape index (κ3) is 4.79. The zero-order valence-electron chi connectivity index (χ0n) is 15.9. The summed E-state index contributed by atoms with van der Waals surface area (Å²) >= 11 is 1.61. The summed E-state index contributed by atoms with van der Waals surface area (Å²) in [4.78, 5) is 13.9. The van der Waals surface area contributed by atoms with E-state index in [1.54, 1.807) is 42.5 Å². The Bertz CT molecular complexity index is 942. The van der Waals surface area contributed by atoms with E-state index in [0.717, 1.165) is 16.9 Å². The van der Waals surface area contributed by atoms with Crippen LogP contribution in [0.4, 0.5) is 0 Å². The minimum atomic E-state index is -0.662. The molecule has 1 amide bonds. The van der Waals surface area contributed by atoms with Crippen LogP contribution in [0.2, 0.25) is 0 Å². The first-order valence-electron chi connectivity index (χ1n) is 9.20. The van der Waals surface area contributed by atoms with Crippen molar-refractivity contribution in [3.63, 3.8) is 0 Å². The lowest BCUT2D eigenvalue weighted by molar-refractivity contribution is -0.127. The summed E-state index contributed by atoms with van der Waals surface area (Å²) in [7, 11) is 0. The van der Waals surface area contributed by atoms with Crippen molar-refractivity contribution in [2.24, 2.45) is 0 Å². The highest BCUT2D eigenvalue weighted by Crippen LogP contribution is 2.27. The van der Waals surface area contributed by atoms with E-state index in [2.05, 4.69) is 42.6 Å². The highest BCUT2D eigenvalue weighted by molar-refractivity contribution is 7.10. The maximum atomic E-state index is 12.8. The molecule has 3 aromatic rings. The summed E-state index contributed by atoms with van der Waals surface area (Å²) in [5, 5.41) is 14.0. The van der Waals surface area contributed by atoms with E-state index >= 15 is 0 Å². The van der Waals surface area contributed by atoms with Gasteiger partial charge in [-0.1, -0.05) is 37.3 Å². The van der Waals surface area contributed by atoms with Gasteiger partial charge < -0.3 is 10.1 Å². The van der Waals surface area contributed by atoms with Gasteiger partial charge in [0.1, 0.15) is 5.75 Å². The van der Waals surface area contributed by atoms with Gasteiger partial charge in [0.25, 0.3) is 5.91 Å². The molecule has 28 heavy (non-hydrogen) atoms. The zero-order valence-corrected chi connectivity index (χ0v) is 16.7. The quantitative estimate of drug-likeness (QED) is 0.627. The molecule has 3 rings (SSSR count). The Kier molecular flexibility index (Phi) is 6.46. The molecule has 2 aromatic carbocycles. The van der Waals surface area contributed by atoms with Crippen LogP contribution >= 0.6 is 11.3 Å². The second kappa shape index (κ2) is 9.20. The molecule has 0 spiro atoms. The molecule has 0 aliphatic rings. The first kappa shape index (κ1) is 19.7. The van der Waals surface area contributed by atoms with Crippen molar-refractivity contribution in [2.75, 3.05) is 0 Å². The van der Waals surface area contributed by atoms with E-state index in [1.807, 2.05) is 17.5 Å². The smallest absolute Gasteiger partial charge is 0.261 e. The first-order chi connectivity index (χ1) is 13.6. The first-order valence-corrected chi connectivity index (χ1v) is 10.1. The molecule has 1 aromatic heterocycles. The van der Waals surface area contributed by atoms with Gasteiger partial charge >= 0.3 is 0 Å². The number of rotatable bonds is 7. The average Bonchev–Trinajstić information content (AvgIpc) is 3.27. The number of hydrogen-bond donors (Lipinski definition) is 1. The molecule has 0 unspecified atom stereocenters. The van der Waals surface area contributed by atoms with Crippen LogP contribution in [0.15, 0.2) is 66.0 Å². The van der Waals surface area contributed by atoms with Crippen LogP contribution in [0.1, 0.15) is 41.5 Å². The summed E-state index contributed by atoms with van der Waals surface area (Å²) in [5.41, 5.74) is 2.86. The van der Waals surface area contributed by atoms with Crippen LogP contribution in [-0.2, 0) is 11.2 Å². The van der Waals surface area contributed by atoms with E-state index in [4.69, 9.17) is 10.00 Å². The Morgan fingerprint density at radius 3 is 2.43 bits per heavy atom. The molecule has 2 atom stereocenters. The molecule has 4 nitrogen and oxygen atoms in total. The van der Waals surface area contributed by atoms with Crippen LogP contribution in [0, 0.1) is 11.3 Å². The summed E-state index contributed by atoms with van der Waals surface area (Å²) in [6.07, 6.45) is 0.316. The molecular formula is C23H22N2O2S. The Labute approximate surface area is 169 Å². The molecule has 0 saturated carbocycles. The Morgan fingerprint density at radius 2 is 1.86 bits per heavy atom. The Morgan fingerprint density at radius 1 is 1.14 bits per heavy atom. The Hall–Kier alpha value is -3.10. The maximum absolute atomic E-state index is 12.8. The third-order valence-corrected chi connectivity index (χ3v) is 5.44. The number of benzene rings is 2. The second-order valence-corrected chi connectivity index (χ2v) is 7.43. The van der Waals surface area contributed by atoms with Crippen molar-refractivity contribution in [1.29, 1.82) is 5.26 Å². The number of aryl methyl sites for hydroxylation is 1. The van der Waals surface area contributed by atoms with Crippen molar-refractivity contribution in [3.8, 4) is 11.8 Å². The molecular weight excluding hydrogens is 368 g/mol. The zero-order chi connectivity index (χ0) is 19.9. The fourth-order valence-corrected chi connectivity index (χ4v) is 3.65. The molecule has 0 aliphatic carbocycles. The van der Waals surface area contributed by atoms with E-state index < -0.39 is 6.10 Å². The average molecular weight is 391 g/mol. The van der Waals surface area contributed by atoms with E-state index in [9.17, 15) is 4.79 Å². The minimum absolute atomic E-state index is 0.192. The normalized spacial score (nSPS) is 12.6. The van der Waals surface area contributed by atoms with Gasteiger partial charge in [-0.15, -0.1) is 11.3 Å². The van der Waals surface area contributed by atoms with Crippen molar-refractivity contribution in [1.82, 2.24) is 5.32 Å². The summed E-state index contributed by atoms with van der Waals surface area (Å²) < 4.78 is 5.75. The van der Waals surface area contributed by atoms with Gasteiger partial charge in [-0.2, -0.15) is 5.26 Å². The predicted molar refractivity (Wildman–Crippen MR) is 111 cm³/mol. The number of nitriles is 1. The molecule has 1 N–H and O–H groups in total. The summed E-state index contributed by atoms with van der Waals surface area (Å²) in [6, 6.07) is 20.9. The van der Waals surface area contributed by atoms with E-state index in [-0.39, 0.29) is 11.9 Å². The third-order valence-electron chi connectivity index (χ3n) is 4.50. The Balaban J connectivity index is 1.73. The fraction of sp³-hybridized carbons (Fsp3) is 0.217. The summed E-state index contributed by atoms with van der Waals surface area (Å²) in [6.45, 7) is 3.84. The molecule has 5 heteroatoms. The number of carbonyl (C=O) groups is 1. The molecule has 0 aliphatic heterocycles. The second-order valence-electron chi connectivity index (χ2n) is 6.45. The van der Waals surface area contributed by atoms with Crippen molar-refractivity contribution < 1.29 is 9.53 Å². The largest absolute Gasteiger partial charge is 0.481 e. The topological polar surface area (TPSA) is 62.1 Å². The number of amides is 1. The van der Waals surface area contributed by atoms with Crippen LogP contribution in [0.3, 0.4) is 0 Å². The monoisotopic (exact) mass is 390 g/mol. The van der Waals surface area contributed by atoms with Gasteiger partial charge in [0.05, 0.1) is 17.7 Å². The van der Waals surface area contributed by atoms with Gasteiger partial charge in [0.15, 0.2) is 6.10 Å². The standard InChI is InChI=1S/C23H22N2O2S/c1-3-17-6-10-19(11-7-17)22(21-5-4-14-28-21)25-23(26)16(2)27-20-12-8-18(15-24)9-13-20/h4-14,16,22H,3H2,1-2H3,(H,25,26)/t16-,22-/m0/s1. The van der Waals surface area contributed by atoms with Crippen molar-refractivity contribution in [3.05, 3.63) is 87.6 Å².